The second-order valence-corrected chi connectivity index (χ2v) is 7.56. The van der Waals surface area contributed by atoms with Crippen LogP contribution in [0.5, 0.6) is 0 Å². The first-order valence-electron chi connectivity index (χ1n) is 9.97. The fourth-order valence-electron chi connectivity index (χ4n) is 3.67. The highest BCUT2D eigenvalue weighted by atomic mass is 19.4. The highest BCUT2D eigenvalue weighted by Gasteiger charge is 2.33. The van der Waals surface area contributed by atoms with Crippen LogP contribution in [0.4, 0.5) is 23.5 Å². The minimum Gasteiger partial charge on any atom is -0.366 e. The van der Waals surface area contributed by atoms with Gasteiger partial charge in [0.05, 0.1) is 16.5 Å². The molecule has 1 saturated heterocycles. The third-order valence-electron chi connectivity index (χ3n) is 5.50. The fourth-order valence-corrected chi connectivity index (χ4v) is 3.67. The molecule has 3 aromatic rings. The van der Waals surface area contributed by atoms with Crippen LogP contribution in [-0.4, -0.2) is 62.6 Å². The second kappa shape index (κ2) is 8.30. The van der Waals surface area contributed by atoms with E-state index in [4.69, 9.17) is 5.73 Å². The maximum atomic E-state index is 14.9. The minimum atomic E-state index is -4.52. The van der Waals surface area contributed by atoms with Gasteiger partial charge in [0, 0.05) is 38.6 Å². The van der Waals surface area contributed by atoms with Crippen molar-refractivity contribution >= 4 is 28.7 Å². The van der Waals surface area contributed by atoms with Crippen molar-refractivity contribution < 1.29 is 27.2 Å². The Balaban J connectivity index is 1.46. The van der Waals surface area contributed by atoms with Crippen LogP contribution >= 0.6 is 0 Å². The van der Waals surface area contributed by atoms with E-state index in [9.17, 15) is 27.2 Å². The Labute approximate surface area is 184 Å². The van der Waals surface area contributed by atoms with Crippen LogP contribution in [0.2, 0.25) is 0 Å². The summed E-state index contributed by atoms with van der Waals surface area (Å²) >= 11 is 0. The van der Waals surface area contributed by atoms with Gasteiger partial charge in [0.1, 0.15) is 11.6 Å². The number of piperazine rings is 1. The van der Waals surface area contributed by atoms with Gasteiger partial charge in [-0.15, -0.1) is 0 Å². The van der Waals surface area contributed by atoms with Crippen molar-refractivity contribution in [3.8, 4) is 0 Å². The summed E-state index contributed by atoms with van der Waals surface area (Å²) in [4.78, 5) is 35.3. The fraction of sp³-hybridized carbons (Fsp3) is 0.350. The summed E-state index contributed by atoms with van der Waals surface area (Å²) in [7, 11) is 0. The first kappa shape index (κ1) is 22.4. The normalized spacial score (nSPS) is 15.7. The Morgan fingerprint density at radius 1 is 1.09 bits per heavy atom. The third-order valence-corrected chi connectivity index (χ3v) is 5.50. The molecule has 1 fully saturated rings. The number of hydrogen-bond acceptors (Lipinski definition) is 6. The molecular formula is C20H19F4N7O2. The lowest BCUT2D eigenvalue weighted by Crippen LogP contribution is -2.51. The molecule has 1 aliphatic rings. The lowest BCUT2D eigenvalue weighted by atomic mass is 10.1. The predicted molar refractivity (Wildman–Crippen MR) is 109 cm³/mol. The number of aromatic nitrogens is 4. The lowest BCUT2D eigenvalue weighted by Gasteiger charge is -2.35. The second-order valence-electron chi connectivity index (χ2n) is 7.56. The first-order chi connectivity index (χ1) is 15.6. The monoisotopic (exact) mass is 465 g/mol. The summed E-state index contributed by atoms with van der Waals surface area (Å²) in [6.07, 6.45) is -3.09. The number of fused-ring (bicyclic) bond motifs is 1. The molecule has 2 amide bonds. The summed E-state index contributed by atoms with van der Waals surface area (Å²) in [5, 5.41) is 4.19. The maximum Gasteiger partial charge on any atom is 0.419 e. The number of alkyl halides is 3. The summed E-state index contributed by atoms with van der Waals surface area (Å²) in [6.45, 7) is 2.55. The smallest absolute Gasteiger partial charge is 0.366 e. The largest absolute Gasteiger partial charge is 0.419 e. The molecule has 0 aliphatic carbocycles. The number of carbonyl (C=O) groups is 2. The molecular weight excluding hydrogens is 446 g/mol. The molecule has 3 heterocycles. The summed E-state index contributed by atoms with van der Waals surface area (Å²) in [5.74, 6) is -1.78. The topological polar surface area (TPSA) is 110 Å². The lowest BCUT2D eigenvalue weighted by molar-refractivity contribution is -0.138. The number of amides is 2. The molecule has 2 N–H and O–H groups in total. The van der Waals surface area contributed by atoms with E-state index in [1.165, 1.54) is 30.0 Å². The number of rotatable bonds is 4. The zero-order valence-corrected chi connectivity index (χ0v) is 17.4. The minimum absolute atomic E-state index is 0.0509. The van der Waals surface area contributed by atoms with Crippen molar-refractivity contribution in [2.24, 2.45) is 5.73 Å². The van der Waals surface area contributed by atoms with Crippen LogP contribution < -0.4 is 10.6 Å². The van der Waals surface area contributed by atoms with E-state index in [1.807, 2.05) is 0 Å². The average molecular weight is 465 g/mol. The molecule has 1 aromatic carbocycles. The molecule has 33 heavy (non-hydrogen) atoms. The Bertz CT molecular complexity index is 1200. The highest BCUT2D eigenvalue weighted by molar-refractivity contribution is 6.04. The van der Waals surface area contributed by atoms with Crippen LogP contribution in [-0.2, 0) is 11.0 Å². The van der Waals surface area contributed by atoms with Gasteiger partial charge >= 0.3 is 6.18 Å². The third kappa shape index (κ3) is 4.17. The van der Waals surface area contributed by atoms with Crippen molar-refractivity contribution in [2.75, 3.05) is 31.1 Å². The molecule has 1 atom stereocenters. The van der Waals surface area contributed by atoms with Gasteiger partial charge in [0.2, 0.25) is 17.8 Å². The number of anilines is 1. The molecule has 0 radical (unpaired) electrons. The molecule has 1 unspecified atom stereocenters. The van der Waals surface area contributed by atoms with E-state index < -0.39 is 35.5 Å². The van der Waals surface area contributed by atoms with Crippen LogP contribution in [0.1, 0.15) is 28.9 Å². The van der Waals surface area contributed by atoms with Crippen molar-refractivity contribution in [3.05, 3.63) is 47.7 Å². The van der Waals surface area contributed by atoms with Crippen LogP contribution in [0.15, 0.2) is 30.6 Å². The summed E-state index contributed by atoms with van der Waals surface area (Å²) < 4.78 is 53.9. The molecule has 4 rings (SSSR count). The van der Waals surface area contributed by atoms with Gasteiger partial charge in [-0.1, -0.05) is 6.07 Å². The first-order valence-corrected chi connectivity index (χ1v) is 9.97. The average Bonchev–Trinajstić information content (AvgIpc) is 3.14. The number of benzene rings is 1. The van der Waals surface area contributed by atoms with E-state index >= 15 is 0 Å². The van der Waals surface area contributed by atoms with E-state index in [0.717, 1.165) is 4.68 Å². The van der Waals surface area contributed by atoms with Gasteiger partial charge in [0.25, 0.3) is 5.91 Å². The van der Waals surface area contributed by atoms with Gasteiger partial charge in [-0.05, 0) is 19.1 Å². The number of nitrogens with zero attached hydrogens (tertiary/aromatic N) is 6. The van der Waals surface area contributed by atoms with E-state index in [0.29, 0.717) is 25.5 Å². The maximum absolute atomic E-state index is 14.9. The molecule has 0 saturated carbocycles. The highest BCUT2D eigenvalue weighted by Crippen LogP contribution is 2.29. The van der Waals surface area contributed by atoms with E-state index in [1.54, 1.807) is 4.90 Å². The van der Waals surface area contributed by atoms with Gasteiger partial charge in [-0.25, -0.2) is 14.6 Å². The molecule has 0 bridgehead atoms. The predicted octanol–water partition coefficient (Wildman–Crippen LogP) is 1.99. The van der Waals surface area contributed by atoms with Gasteiger partial charge in [-0.3, -0.25) is 9.59 Å². The number of primary amides is 1. The molecule has 2 aromatic heterocycles. The molecule has 13 heteroatoms. The quantitative estimate of drug-likeness (QED) is 0.591. The summed E-state index contributed by atoms with van der Waals surface area (Å²) in [6, 6.07) is 3.36. The van der Waals surface area contributed by atoms with Gasteiger partial charge < -0.3 is 15.5 Å². The SMILES string of the molecule is CC(C(=O)N1CCN(c2ncc(C(F)(F)F)cn2)CC1)n1nc2c(C(N)=O)cccc2c1F. The molecule has 9 nitrogen and oxygen atoms in total. The Morgan fingerprint density at radius 2 is 1.73 bits per heavy atom. The van der Waals surface area contributed by atoms with Crippen molar-refractivity contribution in [1.82, 2.24) is 24.6 Å². The molecule has 1 aliphatic heterocycles. The van der Waals surface area contributed by atoms with Crippen LogP contribution in [0.3, 0.4) is 0 Å². The summed E-state index contributed by atoms with van der Waals surface area (Å²) in [5.41, 5.74) is 4.51. The van der Waals surface area contributed by atoms with Gasteiger partial charge in [-0.2, -0.15) is 22.7 Å². The van der Waals surface area contributed by atoms with Crippen LogP contribution in [0, 0.1) is 5.95 Å². The molecule has 174 valence electrons. The number of carbonyl (C=O) groups excluding carboxylic acids is 2. The van der Waals surface area contributed by atoms with E-state index in [2.05, 4.69) is 15.1 Å². The zero-order valence-electron chi connectivity index (χ0n) is 17.4. The zero-order chi connectivity index (χ0) is 23.9. The number of halogens is 4. The number of nitrogens with two attached hydrogens (primary N) is 1. The number of hydrogen-bond donors (Lipinski definition) is 1. The van der Waals surface area contributed by atoms with Crippen molar-refractivity contribution in [1.29, 1.82) is 0 Å². The van der Waals surface area contributed by atoms with Crippen molar-refractivity contribution in [2.45, 2.75) is 19.1 Å². The van der Waals surface area contributed by atoms with Gasteiger partial charge in [0.15, 0.2) is 0 Å². The van der Waals surface area contributed by atoms with Crippen molar-refractivity contribution in [3.63, 3.8) is 0 Å². The van der Waals surface area contributed by atoms with E-state index in [-0.39, 0.29) is 35.5 Å². The Morgan fingerprint density at radius 3 is 2.30 bits per heavy atom. The molecule has 0 spiro atoms. The van der Waals surface area contributed by atoms with Crippen LogP contribution in [0.25, 0.3) is 10.9 Å². The Hall–Kier alpha value is -3.77. The Kier molecular flexibility index (Phi) is 5.64. The standard InChI is InChI=1S/C20H19F4N7O2/c1-11(31-16(21)13-3-2-4-14(17(25)32)15(13)28-31)18(33)29-5-7-30(8-6-29)19-26-9-12(10-27-19)20(22,23)24/h2-4,9-11H,5-8H2,1H3,(H2,25,32).